The molecule has 1 aromatic rings. The summed E-state index contributed by atoms with van der Waals surface area (Å²) in [4.78, 5) is 2.33. The van der Waals surface area contributed by atoms with Gasteiger partial charge in [-0.2, -0.15) is 0 Å². The minimum Gasteiger partial charge on any atom is -0.389 e. The number of rotatable bonds is 9. The van der Waals surface area contributed by atoms with Gasteiger partial charge >= 0.3 is 0 Å². The van der Waals surface area contributed by atoms with Gasteiger partial charge in [0, 0.05) is 13.1 Å². The molecule has 1 atom stereocenters. The standard InChI is InChI=1S/C16H25NO2/c1-2-17(10-14-8-9-14)11-16(18)13-19-12-15-6-4-3-5-7-15/h3-7,14,16,18H,2,8-13H2,1H3. The smallest absolute Gasteiger partial charge is 0.0900 e. The fraction of sp³-hybridized carbons (Fsp3) is 0.625. The first-order valence-electron chi connectivity index (χ1n) is 7.30. The molecular weight excluding hydrogens is 238 g/mol. The zero-order valence-corrected chi connectivity index (χ0v) is 11.8. The van der Waals surface area contributed by atoms with Crippen LogP contribution < -0.4 is 0 Å². The van der Waals surface area contributed by atoms with Gasteiger partial charge in [0.2, 0.25) is 0 Å². The highest BCUT2D eigenvalue weighted by atomic mass is 16.5. The van der Waals surface area contributed by atoms with E-state index in [4.69, 9.17) is 4.74 Å². The van der Waals surface area contributed by atoms with Crippen molar-refractivity contribution >= 4 is 0 Å². The van der Waals surface area contributed by atoms with E-state index in [9.17, 15) is 5.11 Å². The Bertz CT molecular complexity index is 351. The summed E-state index contributed by atoms with van der Waals surface area (Å²) in [5, 5.41) is 10.00. The molecule has 3 nitrogen and oxygen atoms in total. The summed E-state index contributed by atoms with van der Waals surface area (Å²) in [6, 6.07) is 10.1. The first-order valence-corrected chi connectivity index (χ1v) is 7.30. The molecule has 0 heterocycles. The van der Waals surface area contributed by atoms with E-state index in [1.165, 1.54) is 12.8 Å². The molecule has 0 spiro atoms. The number of hydrogen-bond donors (Lipinski definition) is 1. The average molecular weight is 263 g/mol. The zero-order valence-electron chi connectivity index (χ0n) is 11.8. The normalized spacial score (nSPS) is 16.8. The zero-order chi connectivity index (χ0) is 13.5. The Morgan fingerprint density at radius 3 is 2.68 bits per heavy atom. The van der Waals surface area contributed by atoms with Gasteiger partial charge in [-0.3, -0.25) is 0 Å². The first-order chi connectivity index (χ1) is 9.28. The van der Waals surface area contributed by atoms with Crippen molar-refractivity contribution in [3.8, 4) is 0 Å². The van der Waals surface area contributed by atoms with Crippen LogP contribution in [0, 0.1) is 5.92 Å². The van der Waals surface area contributed by atoms with Crippen LogP contribution in [0.4, 0.5) is 0 Å². The van der Waals surface area contributed by atoms with E-state index in [0.29, 0.717) is 13.2 Å². The van der Waals surface area contributed by atoms with Gasteiger partial charge in [-0.15, -0.1) is 0 Å². The Hall–Kier alpha value is -0.900. The SMILES string of the molecule is CCN(CC(O)COCc1ccccc1)CC1CC1. The molecule has 0 saturated heterocycles. The third-order valence-corrected chi connectivity index (χ3v) is 3.55. The molecular formula is C16H25NO2. The van der Waals surface area contributed by atoms with Crippen molar-refractivity contribution in [3.05, 3.63) is 35.9 Å². The molecule has 0 aliphatic heterocycles. The fourth-order valence-corrected chi connectivity index (χ4v) is 2.24. The minimum absolute atomic E-state index is 0.387. The Balaban J connectivity index is 1.61. The largest absolute Gasteiger partial charge is 0.389 e. The highest BCUT2D eigenvalue weighted by molar-refractivity contribution is 5.13. The summed E-state index contributed by atoms with van der Waals surface area (Å²) in [6.07, 6.45) is 2.33. The fourth-order valence-electron chi connectivity index (χ4n) is 2.24. The predicted molar refractivity (Wildman–Crippen MR) is 76.9 cm³/mol. The van der Waals surface area contributed by atoms with Gasteiger partial charge in [0.05, 0.1) is 19.3 Å². The maximum Gasteiger partial charge on any atom is 0.0900 e. The van der Waals surface area contributed by atoms with Gasteiger partial charge in [0.1, 0.15) is 0 Å². The van der Waals surface area contributed by atoms with Gasteiger partial charge in [0.15, 0.2) is 0 Å². The van der Waals surface area contributed by atoms with E-state index in [0.717, 1.165) is 31.1 Å². The van der Waals surface area contributed by atoms with E-state index in [1.807, 2.05) is 30.3 Å². The number of ether oxygens (including phenoxy) is 1. The van der Waals surface area contributed by atoms with Crippen LogP contribution in [0.15, 0.2) is 30.3 Å². The van der Waals surface area contributed by atoms with E-state index in [-0.39, 0.29) is 6.10 Å². The summed E-state index contributed by atoms with van der Waals surface area (Å²) < 4.78 is 5.57. The van der Waals surface area contributed by atoms with Crippen LogP contribution in [-0.2, 0) is 11.3 Å². The lowest BCUT2D eigenvalue weighted by molar-refractivity contribution is 0.0100. The molecule has 19 heavy (non-hydrogen) atoms. The van der Waals surface area contributed by atoms with Crippen molar-refractivity contribution in [2.24, 2.45) is 5.92 Å². The van der Waals surface area contributed by atoms with Gasteiger partial charge < -0.3 is 14.7 Å². The highest BCUT2D eigenvalue weighted by Gasteiger charge is 2.24. The third-order valence-electron chi connectivity index (χ3n) is 3.55. The van der Waals surface area contributed by atoms with Gasteiger partial charge in [0.25, 0.3) is 0 Å². The van der Waals surface area contributed by atoms with Crippen LogP contribution >= 0.6 is 0 Å². The molecule has 0 amide bonds. The molecule has 0 aromatic heterocycles. The molecule has 0 bridgehead atoms. The van der Waals surface area contributed by atoms with Gasteiger partial charge in [-0.05, 0) is 30.9 Å². The predicted octanol–water partition coefficient (Wildman–Crippen LogP) is 2.30. The summed E-state index contributed by atoms with van der Waals surface area (Å²) in [5.74, 6) is 0.873. The molecule has 1 unspecified atom stereocenters. The summed E-state index contributed by atoms with van der Waals surface area (Å²) in [7, 11) is 0. The van der Waals surface area contributed by atoms with Crippen LogP contribution in [0.1, 0.15) is 25.3 Å². The molecule has 1 aromatic carbocycles. The summed E-state index contributed by atoms with van der Waals surface area (Å²) in [5.41, 5.74) is 1.15. The second-order valence-corrected chi connectivity index (χ2v) is 5.45. The highest BCUT2D eigenvalue weighted by Crippen LogP contribution is 2.29. The Morgan fingerprint density at radius 1 is 1.32 bits per heavy atom. The molecule has 1 aliphatic rings. The minimum atomic E-state index is -0.387. The van der Waals surface area contributed by atoms with Gasteiger partial charge in [-0.25, -0.2) is 0 Å². The van der Waals surface area contributed by atoms with Crippen molar-refractivity contribution in [1.82, 2.24) is 4.90 Å². The van der Waals surface area contributed by atoms with Crippen LogP contribution in [0.25, 0.3) is 0 Å². The summed E-state index contributed by atoms with van der Waals surface area (Å²) >= 11 is 0. The van der Waals surface area contributed by atoms with Crippen LogP contribution in [0.2, 0.25) is 0 Å². The molecule has 3 heteroatoms. The lowest BCUT2D eigenvalue weighted by atomic mass is 10.2. The van der Waals surface area contributed by atoms with Crippen molar-refractivity contribution < 1.29 is 9.84 Å². The van der Waals surface area contributed by atoms with Gasteiger partial charge in [-0.1, -0.05) is 37.3 Å². The summed E-state index contributed by atoms with van der Waals surface area (Å²) in [6.45, 7) is 6.00. The second kappa shape index (κ2) is 7.63. The maximum atomic E-state index is 10.00. The number of aliphatic hydroxyl groups excluding tert-OH is 1. The van der Waals surface area contributed by atoms with Crippen molar-refractivity contribution in [1.29, 1.82) is 0 Å². The number of nitrogens with zero attached hydrogens (tertiary/aromatic N) is 1. The number of aliphatic hydroxyl groups is 1. The van der Waals surface area contributed by atoms with Crippen molar-refractivity contribution in [3.63, 3.8) is 0 Å². The van der Waals surface area contributed by atoms with E-state index >= 15 is 0 Å². The van der Waals surface area contributed by atoms with E-state index in [1.54, 1.807) is 0 Å². The Morgan fingerprint density at radius 2 is 2.05 bits per heavy atom. The topological polar surface area (TPSA) is 32.7 Å². The van der Waals surface area contributed by atoms with E-state index < -0.39 is 0 Å². The van der Waals surface area contributed by atoms with Crippen molar-refractivity contribution in [2.75, 3.05) is 26.2 Å². The second-order valence-electron chi connectivity index (χ2n) is 5.45. The monoisotopic (exact) mass is 263 g/mol. The Kier molecular flexibility index (Phi) is 5.83. The van der Waals surface area contributed by atoms with Crippen LogP contribution in [0.5, 0.6) is 0 Å². The Labute approximate surface area is 116 Å². The number of hydrogen-bond acceptors (Lipinski definition) is 3. The van der Waals surface area contributed by atoms with Crippen molar-refractivity contribution in [2.45, 2.75) is 32.5 Å². The molecule has 1 aliphatic carbocycles. The lowest BCUT2D eigenvalue weighted by Gasteiger charge is -2.23. The molecule has 1 N–H and O–H groups in total. The van der Waals surface area contributed by atoms with Crippen LogP contribution in [-0.4, -0.2) is 42.4 Å². The number of benzene rings is 1. The van der Waals surface area contributed by atoms with Crippen LogP contribution in [0.3, 0.4) is 0 Å². The molecule has 1 saturated carbocycles. The lowest BCUT2D eigenvalue weighted by Crippen LogP contribution is -2.36. The number of likely N-dealkylation sites (N-methyl/N-ethyl adjacent to an activating group) is 1. The molecule has 2 rings (SSSR count). The quantitative estimate of drug-likeness (QED) is 0.742. The maximum absolute atomic E-state index is 10.00. The first kappa shape index (κ1) is 14.5. The molecule has 0 radical (unpaired) electrons. The molecule has 106 valence electrons. The van der Waals surface area contributed by atoms with E-state index in [2.05, 4.69) is 11.8 Å². The average Bonchev–Trinajstić information content (AvgIpc) is 3.23. The molecule has 1 fully saturated rings. The third kappa shape index (κ3) is 5.72.